The van der Waals surface area contributed by atoms with Gasteiger partial charge in [-0.05, 0) is 37.1 Å². The fraction of sp³-hybridized carbons (Fsp3) is 0.500. The molecule has 0 aromatic heterocycles. The molecule has 1 unspecified atom stereocenters. The molecule has 0 saturated carbocycles. The molecule has 1 aliphatic heterocycles. The minimum Gasteiger partial charge on any atom is -0.495 e. The molecular weight excluding hydrogens is 228 g/mol. The molecule has 0 radical (unpaired) electrons. The Morgan fingerprint density at radius 3 is 3.06 bits per heavy atom. The summed E-state index contributed by atoms with van der Waals surface area (Å²) < 4.78 is 5.13. The van der Waals surface area contributed by atoms with Crippen molar-refractivity contribution in [1.29, 1.82) is 5.26 Å². The van der Waals surface area contributed by atoms with Crippen LogP contribution >= 0.6 is 0 Å². The Morgan fingerprint density at radius 2 is 2.39 bits per heavy atom. The lowest BCUT2D eigenvalue weighted by Gasteiger charge is -2.22. The van der Waals surface area contributed by atoms with Gasteiger partial charge < -0.3 is 9.84 Å². The minimum absolute atomic E-state index is 0.210. The summed E-state index contributed by atoms with van der Waals surface area (Å²) in [7, 11) is 1.57. The van der Waals surface area contributed by atoms with Crippen LogP contribution in [-0.4, -0.2) is 36.3 Å². The van der Waals surface area contributed by atoms with Gasteiger partial charge >= 0.3 is 0 Å². The van der Waals surface area contributed by atoms with E-state index in [0.29, 0.717) is 11.3 Å². The molecule has 1 aromatic carbocycles. The van der Waals surface area contributed by atoms with Crippen LogP contribution in [-0.2, 0) is 6.54 Å². The van der Waals surface area contributed by atoms with Gasteiger partial charge in [0.1, 0.15) is 11.8 Å². The van der Waals surface area contributed by atoms with Crippen LogP contribution in [0.3, 0.4) is 0 Å². The molecule has 0 aliphatic carbocycles. The fourth-order valence-corrected chi connectivity index (χ4v) is 2.49. The van der Waals surface area contributed by atoms with Crippen molar-refractivity contribution in [2.24, 2.45) is 0 Å². The van der Waals surface area contributed by atoms with Gasteiger partial charge in [-0.1, -0.05) is 6.07 Å². The van der Waals surface area contributed by atoms with Crippen molar-refractivity contribution >= 4 is 0 Å². The largest absolute Gasteiger partial charge is 0.495 e. The van der Waals surface area contributed by atoms with Crippen LogP contribution < -0.4 is 4.74 Å². The number of likely N-dealkylation sites (tertiary alicyclic amines) is 1. The molecule has 1 heterocycles. The van der Waals surface area contributed by atoms with E-state index < -0.39 is 0 Å². The van der Waals surface area contributed by atoms with E-state index in [1.165, 1.54) is 0 Å². The summed E-state index contributed by atoms with van der Waals surface area (Å²) in [5.41, 5.74) is 1.66. The van der Waals surface area contributed by atoms with E-state index in [9.17, 15) is 5.11 Å². The lowest BCUT2D eigenvalue weighted by atomic mass is 10.1. The van der Waals surface area contributed by atoms with E-state index in [1.54, 1.807) is 7.11 Å². The Bertz CT molecular complexity index is 454. The normalized spacial score (nSPS) is 19.7. The van der Waals surface area contributed by atoms with E-state index >= 15 is 0 Å². The highest BCUT2D eigenvalue weighted by molar-refractivity contribution is 5.45. The summed E-state index contributed by atoms with van der Waals surface area (Å²) >= 11 is 0. The van der Waals surface area contributed by atoms with E-state index in [-0.39, 0.29) is 12.6 Å². The summed E-state index contributed by atoms with van der Waals surface area (Å²) in [6, 6.07) is 8.08. The zero-order valence-electron chi connectivity index (χ0n) is 10.6. The first kappa shape index (κ1) is 12.9. The smallest absolute Gasteiger partial charge is 0.136 e. The van der Waals surface area contributed by atoms with Crippen LogP contribution in [0.2, 0.25) is 0 Å². The maximum atomic E-state index is 9.28. The first-order chi connectivity index (χ1) is 8.78. The zero-order valence-corrected chi connectivity index (χ0v) is 10.6. The number of nitriles is 1. The molecular formula is C14H18N2O2. The zero-order chi connectivity index (χ0) is 13.0. The fourth-order valence-electron chi connectivity index (χ4n) is 2.49. The van der Waals surface area contributed by atoms with Gasteiger partial charge in [0.2, 0.25) is 0 Å². The van der Waals surface area contributed by atoms with Gasteiger partial charge in [0.15, 0.2) is 0 Å². The summed E-state index contributed by atoms with van der Waals surface area (Å²) in [4.78, 5) is 2.27. The molecule has 0 amide bonds. The highest BCUT2D eigenvalue weighted by Gasteiger charge is 2.23. The van der Waals surface area contributed by atoms with Gasteiger partial charge in [-0.3, -0.25) is 4.90 Å². The Hall–Kier alpha value is -1.57. The highest BCUT2D eigenvalue weighted by Crippen LogP contribution is 2.23. The number of rotatable bonds is 4. The average Bonchev–Trinajstić information content (AvgIpc) is 2.85. The molecule has 1 aliphatic rings. The topological polar surface area (TPSA) is 56.5 Å². The third-order valence-electron chi connectivity index (χ3n) is 3.48. The molecule has 2 rings (SSSR count). The predicted octanol–water partition coefficient (Wildman–Crippen LogP) is 1.52. The van der Waals surface area contributed by atoms with E-state index in [2.05, 4.69) is 11.0 Å². The van der Waals surface area contributed by atoms with Crippen LogP contribution in [0, 0.1) is 11.3 Å². The van der Waals surface area contributed by atoms with Gasteiger partial charge in [0.05, 0.1) is 19.3 Å². The summed E-state index contributed by atoms with van der Waals surface area (Å²) in [6.45, 7) is 2.00. The van der Waals surface area contributed by atoms with Gasteiger partial charge in [-0.2, -0.15) is 5.26 Å². The SMILES string of the molecule is COc1ccc(CN2CCCC2CO)cc1C#N. The minimum atomic E-state index is 0.210. The van der Waals surface area contributed by atoms with Gasteiger partial charge in [-0.25, -0.2) is 0 Å². The molecule has 1 N–H and O–H groups in total. The molecule has 4 heteroatoms. The molecule has 1 saturated heterocycles. The summed E-state index contributed by atoms with van der Waals surface area (Å²) in [5, 5.41) is 18.3. The molecule has 0 spiro atoms. The Morgan fingerprint density at radius 1 is 1.56 bits per heavy atom. The van der Waals surface area contributed by atoms with Crippen molar-refractivity contribution < 1.29 is 9.84 Å². The van der Waals surface area contributed by atoms with Crippen molar-refractivity contribution in [3.05, 3.63) is 29.3 Å². The molecule has 1 fully saturated rings. The van der Waals surface area contributed by atoms with Crippen LogP contribution in [0.1, 0.15) is 24.0 Å². The maximum Gasteiger partial charge on any atom is 0.136 e. The van der Waals surface area contributed by atoms with E-state index in [1.807, 2.05) is 18.2 Å². The number of hydrogen-bond acceptors (Lipinski definition) is 4. The first-order valence-corrected chi connectivity index (χ1v) is 6.20. The molecule has 1 atom stereocenters. The van der Waals surface area contributed by atoms with Gasteiger partial charge in [0, 0.05) is 12.6 Å². The second kappa shape index (κ2) is 5.85. The van der Waals surface area contributed by atoms with Crippen molar-refractivity contribution in [1.82, 2.24) is 4.90 Å². The second-order valence-electron chi connectivity index (χ2n) is 4.60. The maximum absolute atomic E-state index is 9.28. The van der Waals surface area contributed by atoms with E-state index in [0.717, 1.165) is 31.5 Å². The van der Waals surface area contributed by atoms with Crippen LogP contribution in [0.25, 0.3) is 0 Å². The van der Waals surface area contributed by atoms with Gasteiger partial charge in [0.25, 0.3) is 0 Å². The van der Waals surface area contributed by atoms with Crippen LogP contribution in [0.4, 0.5) is 0 Å². The lowest BCUT2D eigenvalue weighted by molar-refractivity contribution is 0.153. The molecule has 4 nitrogen and oxygen atoms in total. The number of aliphatic hydroxyl groups excluding tert-OH is 1. The standard InChI is InChI=1S/C14H18N2O2/c1-18-14-5-4-11(7-12(14)8-15)9-16-6-2-3-13(16)10-17/h4-5,7,13,17H,2-3,6,9-10H2,1H3. The first-order valence-electron chi connectivity index (χ1n) is 6.20. The number of aliphatic hydroxyl groups is 1. The lowest BCUT2D eigenvalue weighted by Crippen LogP contribution is -2.31. The molecule has 1 aromatic rings. The highest BCUT2D eigenvalue weighted by atomic mass is 16.5. The van der Waals surface area contributed by atoms with Crippen molar-refractivity contribution in [2.75, 3.05) is 20.3 Å². The average molecular weight is 246 g/mol. The van der Waals surface area contributed by atoms with E-state index in [4.69, 9.17) is 10.00 Å². The third-order valence-corrected chi connectivity index (χ3v) is 3.48. The van der Waals surface area contributed by atoms with Crippen molar-refractivity contribution in [2.45, 2.75) is 25.4 Å². The summed E-state index contributed by atoms with van der Waals surface area (Å²) in [6.07, 6.45) is 2.18. The second-order valence-corrected chi connectivity index (χ2v) is 4.60. The Kier molecular flexibility index (Phi) is 4.19. The number of benzene rings is 1. The summed E-state index contributed by atoms with van der Waals surface area (Å²) in [5.74, 6) is 0.612. The van der Waals surface area contributed by atoms with Crippen molar-refractivity contribution in [3.8, 4) is 11.8 Å². The quantitative estimate of drug-likeness (QED) is 0.875. The van der Waals surface area contributed by atoms with Crippen LogP contribution in [0.15, 0.2) is 18.2 Å². The van der Waals surface area contributed by atoms with Crippen molar-refractivity contribution in [3.63, 3.8) is 0 Å². The van der Waals surface area contributed by atoms with Crippen LogP contribution in [0.5, 0.6) is 5.75 Å². The third kappa shape index (κ3) is 2.63. The number of ether oxygens (including phenoxy) is 1. The number of methoxy groups -OCH3 is 1. The molecule has 96 valence electrons. The molecule has 18 heavy (non-hydrogen) atoms. The van der Waals surface area contributed by atoms with Gasteiger partial charge in [-0.15, -0.1) is 0 Å². The Labute approximate surface area is 107 Å². The number of hydrogen-bond donors (Lipinski definition) is 1. The number of nitrogens with zero attached hydrogens (tertiary/aromatic N) is 2. The monoisotopic (exact) mass is 246 g/mol. The molecule has 0 bridgehead atoms. The Balaban J connectivity index is 2.12. The predicted molar refractivity (Wildman–Crippen MR) is 68.2 cm³/mol.